The molecule has 7 nitrogen and oxygen atoms in total. The Hall–Kier alpha value is -1.65. The van der Waals surface area contributed by atoms with E-state index in [1.54, 1.807) is 42.5 Å². The van der Waals surface area contributed by atoms with Crippen molar-refractivity contribution in [3.63, 3.8) is 0 Å². The van der Waals surface area contributed by atoms with E-state index in [1.165, 1.54) is 0 Å². The fraction of sp³-hybridized carbons (Fsp3) is 0.333. The summed E-state index contributed by atoms with van der Waals surface area (Å²) in [7, 11) is -7.44. The molecule has 0 unspecified atom stereocenters. The topological polar surface area (TPSA) is 96.0 Å². The van der Waals surface area contributed by atoms with Crippen LogP contribution in [0.25, 0.3) is 0 Å². The van der Waals surface area contributed by atoms with Crippen molar-refractivity contribution in [1.82, 2.24) is 0 Å². The van der Waals surface area contributed by atoms with Crippen LogP contribution < -0.4 is 4.74 Å². The molecule has 0 amide bonds. The van der Waals surface area contributed by atoms with E-state index >= 15 is 0 Å². The van der Waals surface area contributed by atoms with E-state index in [4.69, 9.17) is 24.7 Å². The molecule has 0 saturated carbocycles. The summed E-state index contributed by atoms with van der Waals surface area (Å²) in [4.78, 5) is 0. The van der Waals surface area contributed by atoms with E-state index in [0.717, 1.165) is 12.5 Å². The van der Waals surface area contributed by atoms with Crippen molar-refractivity contribution in [2.75, 3.05) is 25.7 Å². The third-order valence-corrected chi connectivity index (χ3v) is 5.68. The zero-order valence-corrected chi connectivity index (χ0v) is 17.6. The van der Waals surface area contributed by atoms with E-state index in [9.17, 15) is 16.8 Å². The van der Waals surface area contributed by atoms with Crippen LogP contribution >= 0.6 is 11.6 Å². The van der Waals surface area contributed by atoms with Crippen LogP contribution in [0.2, 0.25) is 5.02 Å². The SMILES string of the molecule is CS(=O)(=O)OC[C@@H]1c2ccccc2Oc2ccc(Cl)cc2[C@H]1COS(C)(=O)=O. The zero-order chi connectivity index (χ0) is 20.5. The van der Waals surface area contributed by atoms with E-state index in [2.05, 4.69) is 0 Å². The smallest absolute Gasteiger partial charge is 0.264 e. The molecule has 2 atom stereocenters. The lowest BCUT2D eigenvalue weighted by Crippen LogP contribution is -2.23. The van der Waals surface area contributed by atoms with Crippen molar-refractivity contribution in [2.24, 2.45) is 0 Å². The van der Waals surface area contributed by atoms with Gasteiger partial charge in [0.05, 0.1) is 25.7 Å². The summed E-state index contributed by atoms with van der Waals surface area (Å²) in [6, 6.07) is 12.1. The summed E-state index contributed by atoms with van der Waals surface area (Å²) >= 11 is 6.15. The molecule has 0 aliphatic carbocycles. The van der Waals surface area contributed by atoms with Crippen LogP contribution in [0.3, 0.4) is 0 Å². The van der Waals surface area contributed by atoms with Crippen molar-refractivity contribution in [1.29, 1.82) is 0 Å². The Bertz CT molecular complexity index is 1080. The monoisotopic (exact) mass is 446 g/mol. The van der Waals surface area contributed by atoms with Gasteiger partial charge in [-0.3, -0.25) is 8.37 Å². The molecule has 10 heteroatoms. The zero-order valence-electron chi connectivity index (χ0n) is 15.2. The number of para-hydroxylation sites is 1. The third kappa shape index (κ3) is 5.24. The van der Waals surface area contributed by atoms with Gasteiger partial charge in [0, 0.05) is 28.0 Å². The maximum absolute atomic E-state index is 11.6. The highest BCUT2D eigenvalue weighted by Gasteiger charge is 2.35. The molecule has 1 aliphatic heterocycles. The van der Waals surface area contributed by atoms with Crippen molar-refractivity contribution >= 4 is 31.8 Å². The summed E-state index contributed by atoms with van der Waals surface area (Å²) in [6.07, 6.45) is 1.91. The lowest BCUT2D eigenvalue weighted by molar-refractivity contribution is 0.228. The van der Waals surface area contributed by atoms with E-state index in [0.29, 0.717) is 27.6 Å². The molecule has 1 heterocycles. The third-order valence-electron chi connectivity index (χ3n) is 4.32. The summed E-state index contributed by atoms with van der Waals surface area (Å²) in [5.41, 5.74) is 1.29. The van der Waals surface area contributed by atoms with E-state index in [1.807, 2.05) is 0 Å². The number of benzene rings is 2. The Kier molecular flexibility index (Phi) is 6.02. The van der Waals surface area contributed by atoms with Crippen LogP contribution in [0.15, 0.2) is 42.5 Å². The molecule has 0 N–H and O–H groups in total. The quantitative estimate of drug-likeness (QED) is 0.628. The number of fused-ring (bicyclic) bond motifs is 2. The minimum atomic E-state index is -3.73. The molecular formula is C18H19ClO7S2. The van der Waals surface area contributed by atoms with E-state index < -0.39 is 32.1 Å². The molecule has 28 heavy (non-hydrogen) atoms. The first kappa shape index (κ1) is 21.1. The van der Waals surface area contributed by atoms with Gasteiger partial charge in [0.25, 0.3) is 20.2 Å². The highest BCUT2D eigenvalue weighted by Crippen LogP contribution is 2.47. The molecule has 2 aromatic rings. The second kappa shape index (κ2) is 8.00. The maximum Gasteiger partial charge on any atom is 0.264 e. The molecule has 0 fully saturated rings. The Labute approximate surface area is 169 Å². The number of halogens is 1. The summed E-state index contributed by atoms with van der Waals surface area (Å²) in [5, 5.41) is 0.431. The minimum absolute atomic E-state index is 0.205. The molecular weight excluding hydrogens is 428 g/mol. The van der Waals surface area contributed by atoms with Crippen LogP contribution in [0, 0.1) is 0 Å². The second-order valence-corrected chi connectivity index (χ2v) is 10.2. The number of hydrogen-bond acceptors (Lipinski definition) is 7. The molecule has 3 rings (SSSR count). The van der Waals surface area contributed by atoms with Gasteiger partial charge in [-0.05, 0) is 24.3 Å². The van der Waals surface area contributed by atoms with Gasteiger partial charge in [0.1, 0.15) is 11.5 Å². The molecule has 0 bridgehead atoms. The molecule has 1 aliphatic rings. The highest BCUT2D eigenvalue weighted by atomic mass is 35.5. The predicted octanol–water partition coefficient (Wildman–Crippen LogP) is 3.27. The summed E-state index contributed by atoms with van der Waals surface area (Å²) in [5.74, 6) is -0.114. The van der Waals surface area contributed by atoms with Gasteiger partial charge in [0.2, 0.25) is 0 Å². The predicted molar refractivity (Wildman–Crippen MR) is 105 cm³/mol. The average molecular weight is 447 g/mol. The van der Waals surface area contributed by atoms with Crippen molar-refractivity contribution in [2.45, 2.75) is 11.8 Å². The number of rotatable bonds is 6. The second-order valence-electron chi connectivity index (χ2n) is 6.51. The Morgan fingerprint density at radius 1 is 0.857 bits per heavy atom. The normalized spacial score (nSPS) is 19.2. The average Bonchev–Trinajstić information content (AvgIpc) is 2.71. The van der Waals surface area contributed by atoms with Gasteiger partial charge in [0.15, 0.2) is 0 Å². The first-order valence-electron chi connectivity index (χ1n) is 8.28. The van der Waals surface area contributed by atoms with Crippen LogP contribution in [0.5, 0.6) is 11.5 Å². The van der Waals surface area contributed by atoms with Crippen molar-refractivity contribution in [3.8, 4) is 11.5 Å². The number of ether oxygens (including phenoxy) is 1. The van der Waals surface area contributed by atoms with Gasteiger partial charge < -0.3 is 4.74 Å². The summed E-state index contributed by atoms with van der Waals surface area (Å²) < 4.78 is 62.5. The van der Waals surface area contributed by atoms with Gasteiger partial charge in [-0.15, -0.1) is 0 Å². The Morgan fingerprint density at radius 3 is 2.00 bits per heavy atom. The van der Waals surface area contributed by atoms with E-state index in [-0.39, 0.29) is 13.2 Å². The van der Waals surface area contributed by atoms with Gasteiger partial charge in [-0.2, -0.15) is 16.8 Å². The van der Waals surface area contributed by atoms with Gasteiger partial charge in [-0.1, -0.05) is 29.8 Å². The lowest BCUT2D eigenvalue weighted by Gasteiger charge is -2.25. The van der Waals surface area contributed by atoms with Gasteiger partial charge in [-0.25, -0.2) is 0 Å². The molecule has 0 radical (unpaired) electrons. The highest BCUT2D eigenvalue weighted by molar-refractivity contribution is 7.86. The van der Waals surface area contributed by atoms with Crippen LogP contribution in [-0.2, 0) is 28.6 Å². The molecule has 0 saturated heterocycles. The fourth-order valence-electron chi connectivity index (χ4n) is 3.14. The number of hydrogen-bond donors (Lipinski definition) is 0. The fourth-order valence-corrected chi connectivity index (χ4v) is 4.11. The largest absolute Gasteiger partial charge is 0.457 e. The van der Waals surface area contributed by atoms with Crippen LogP contribution in [0.4, 0.5) is 0 Å². The standard InChI is InChI=1S/C18H19ClO7S2/c1-27(20,21)24-10-15-13-5-3-4-6-17(13)26-18-8-7-12(19)9-14(18)16(15)11-25-28(2,22)23/h3-9,15-16H,10-11H2,1-2H3/t15-,16-/m1/s1. The summed E-state index contributed by atoms with van der Waals surface area (Å²) in [6.45, 7) is -0.426. The minimum Gasteiger partial charge on any atom is -0.457 e. The Morgan fingerprint density at radius 2 is 1.39 bits per heavy atom. The van der Waals surface area contributed by atoms with Crippen LogP contribution in [-0.4, -0.2) is 42.6 Å². The maximum atomic E-state index is 11.6. The molecule has 152 valence electrons. The van der Waals surface area contributed by atoms with Crippen LogP contribution in [0.1, 0.15) is 23.0 Å². The first-order chi connectivity index (χ1) is 13.0. The molecule has 0 spiro atoms. The molecule has 0 aromatic heterocycles. The molecule has 2 aromatic carbocycles. The Balaban J connectivity index is 2.14. The van der Waals surface area contributed by atoms with Crippen molar-refractivity contribution < 1.29 is 29.9 Å². The van der Waals surface area contributed by atoms with Crippen molar-refractivity contribution in [3.05, 3.63) is 58.6 Å². The first-order valence-corrected chi connectivity index (χ1v) is 12.3. The van der Waals surface area contributed by atoms with Gasteiger partial charge >= 0.3 is 0 Å². The lowest BCUT2D eigenvalue weighted by atomic mass is 9.82.